The molecule has 0 saturated heterocycles. The molecule has 0 radical (unpaired) electrons. The normalized spacial score (nSPS) is 11.8. The Hall–Kier alpha value is -3.37. The van der Waals surface area contributed by atoms with Crippen molar-refractivity contribution in [3.8, 4) is 0 Å². The minimum absolute atomic E-state index is 0.0629. The topological polar surface area (TPSA) is 144 Å². The van der Waals surface area contributed by atoms with Crippen LogP contribution in [0.1, 0.15) is 51.9 Å². The standard InChI is InChI=1S/C17H23N5O6/c1-16(2,3)27-14(25)19-9-7-8-22-12(18-9)10(13(23)24)11(21-22)20-15(26)28-17(4,5)6/h7-8H,1-6H3,(H,23,24)(H,18,19,25)(H,20,21,26). The van der Waals surface area contributed by atoms with E-state index in [2.05, 4.69) is 20.7 Å². The lowest BCUT2D eigenvalue weighted by Gasteiger charge is -2.19. The van der Waals surface area contributed by atoms with E-state index in [1.54, 1.807) is 41.5 Å². The molecule has 0 bridgehead atoms. The van der Waals surface area contributed by atoms with E-state index >= 15 is 0 Å². The summed E-state index contributed by atoms with van der Waals surface area (Å²) in [6.45, 7) is 10.1. The van der Waals surface area contributed by atoms with Crippen molar-refractivity contribution < 1.29 is 29.0 Å². The Morgan fingerprint density at radius 2 is 1.54 bits per heavy atom. The zero-order valence-electron chi connectivity index (χ0n) is 16.5. The molecular formula is C17H23N5O6. The zero-order valence-corrected chi connectivity index (χ0v) is 16.5. The first-order valence-corrected chi connectivity index (χ1v) is 8.38. The van der Waals surface area contributed by atoms with Gasteiger partial charge in [-0.15, -0.1) is 5.10 Å². The maximum atomic E-state index is 12.0. The highest BCUT2D eigenvalue weighted by molar-refractivity contribution is 6.03. The number of hydrogen-bond acceptors (Lipinski definition) is 7. The molecule has 0 unspecified atom stereocenters. The number of aromatic nitrogens is 3. The zero-order chi connectivity index (χ0) is 21.3. The number of carbonyl (C=O) groups is 3. The van der Waals surface area contributed by atoms with Crippen LogP contribution in [0.15, 0.2) is 12.3 Å². The van der Waals surface area contributed by atoms with Crippen LogP contribution in [-0.2, 0) is 9.47 Å². The molecular weight excluding hydrogens is 370 g/mol. The van der Waals surface area contributed by atoms with Crippen molar-refractivity contribution in [1.29, 1.82) is 0 Å². The van der Waals surface area contributed by atoms with Crippen LogP contribution >= 0.6 is 0 Å². The number of ether oxygens (including phenoxy) is 2. The molecule has 0 saturated carbocycles. The third-order valence-corrected chi connectivity index (χ3v) is 2.95. The molecule has 28 heavy (non-hydrogen) atoms. The highest BCUT2D eigenvalue weighted by Crippen LogP contribution is 2.22. The monoisotopic (exact) mass is 393 g/mol. The second-order valence-electron chi connectivity index (χ2n) is 7.86. The largest absolute Gasteiger partial charge is 0.477 e. The van der Waals surface area contributed by atoms with Gasteiger partial charge in [0.15, 0.2) is 11.5 Å². The van der Waals surface area contributed by atoms with Gasteiger partial charge in [0.05, 0.1) is 0 Å². The van der Waals surface area contributed by atoms with Gasteiger partial charge in [0.2, 0.25) is 0 Å². The Labute approximate surface area is 161 Å². The summed E-state index contributed by atoms with van der Waals surface area (Å²) in [5, 5.41) is 18.2. The van der Waals surface area contributed by atoms with E-state index in [-0.39, 0.29) is 22.8 Å². The Morgan fingerprint density at radius 3 is 2.04 bits per heavy atom. The Kier molecular flexibility index (Phi) is 5.48. The maximum absolute atomic E-state index is 12.0. The van der Waals surface area contributed by atoms with Crippen LogP contribution in [-0.4, -0.2) is 49.1 Å². The van der Waals surface area contributed by atoms with Gasteiger partial charge >= 0.3 is 18.2 Å². The van der Waals surface area contributed by atoms with Gasteiger partial charge in [-0.3, -0.25) is 10.6 Å². The van der Waals surface area contributed by atoms with Crippen molar-refractivity contribution in [2.24, 2.45) is 0 Å². The van der Waals surface area contributed by atoms with Crippen molar-refractivity contribution in [3.63, 3.8) is 0 Å². The molecule has 0 aromatic carbocycles. The predicted octanol–water partition coefficient (Wildman–Crippen LogP) is 3.12. The molecule has 2 aromatic heterocycles. The second kappa shape index (κ2) is 7.33. The first kappa shape index (κ1) is 20.9. The number of anilines is 2. The van der Waals surface area contributed by atoms with Gasteiger partial charge in [0.25, 0.3) is 0 Å². The fourth-order valence-electron chi connectivity index (χ4n) is 2.09. The molecule has 0 aliphatic heterocycles. The fraction of sp³-hybridized carbons (Fsp3) is 0.471. The van der Waals surface area contributed by atoms with Crippen LogP contribution in [0.5, 0.6) is 0 Å². The van der Waals surface area contributed by atoms with E-state index < -0.39 is 29.4 Å². The molecule has 0 aliphatic carbocycles. The van der Waals surface area contributed by atoms with Crippen molar-refractivity contribution >= 4 is 35.4 Å². The number of fused-ring (bicyclic) bond motifs is 1. The molecule has 0 atom stereocenters. The SMILES string of the molecule is CC(C)(C)OC(=O)Nc1ccn2nc(NC(=O)OC(C)(C)C)c(C(=O)O)c2n1. The summed E-state index contributed by atoms with van der Waals surface area (Å²) in [7, 11) is 0. The van der Waals surface area contributed by atoms with Crippen LogP contribution in [0.25, 0.3) is 5.65 Å². The summed E-state index contributed by atoms with van der Waals surface area (Å²) in [5.74, 6) is -1.53. The van der Waals surface area contributed by atoms with E-state index in [0.29, 0.717) is 0 Å². The van der Waals surface area contributed by atoms with Gasteiger partial charge in [-0.05, 0) is 47.6 Å². The van der Waals surface area contributed by atoms with Gasteiger partial charge in [-0.2, -0.15) is 0 Å². The number of rotatable bonds is 3. The van der Waals surface area contributed by atoms with Crippen LogP contribution < -0.4 is 10.6 Å². The van der Waals surface area contributed by atoms with E-state index in [4.69, 9.17) is 9.47 Å². The number of carbonyl (C=O) groups excluding carboxylic acids is 2. The van der Waals surface area contributed by atoms with E-state index in [1.807, 2.05) is 0 Å². The molecule has 2 heterocycles. The van der Waals surface area contributed by atoms with Crippen molar-refractivity contribution in [2.75, 3.05) is 10.6 Å². The van der Waals surface area contributed by atoms with Gasteiger partial charge in [-0.1, -0.05) is 0 Å². The van der Waals surface area contributed by atoms with Gasteiger partial charge in [0.1, 0.15) is 22.6 Å². The van der Waals surface area contributed by atoms with Gasteiger partial charge in [-0.25, -0.2) is 23.9 Å². The number of carboxylic acids is 1. The number of aromatic carboxylic acids is 1. The molecule has 0 fully saturated rings. The minimum Gasteiger partial charge on any atom is -0.477 e. The third-order valence-electron chi connectivity index (χ3n) is 2.95. The first-order valence-electron chi connectivity index (χ1n) is 8.38. The smallest absolute Gasteiger partial charge is 0.413 e. The molecule has 2 aromatic rings. The number of hydrogen-bond donors (Lipinski definition) is 3. The lowest BCUT2D eigenvalue weighted by Crippen LogP contribution is -2.27. The summed E-state index contributed by atoms with van der Waals surface area (Å²) in [6.07, 6.45) is -0.208. The molecule has 152 valence electrons. The highest BCUT2D eigenvalue weighted by Gasteiger charge is 2.25. The Bertz CT molecular complexity index is 922. The van der Waals surface area contributed by atoms with Crippen molar-refractivity contribution in [3.05, 3.63) is 17.8 Å². The van der Waals surface area contributed by atoms with Gasteiger partial charge < -0.3 is 14.6 Å². The highest BCUT2D eigenvalue weighted by atomic mass is 16.6. The van der Waals surface area contributed by atoms with Crippen molar-refractivity contribution in [2.45, 2.75) is 52.7 Å². The Balaban J connectivity index is 2.34. The molecule has 2 amide bonds. The Morgan fingerprint density at radius 1 is 1.00 bits per heavy atom. The summed E-state index contributed by atoms with van der Waals surface area (Å²) < 4.78 is 11.4. The molecule has 3 N–H and O–H groups in total. The summed E-state index contributed by atoms with van der Waals surface area (Å²) >= 11 is 0. The van der Waals surface area contributed by atoms with E-state index in [9.17, 15) is 19.5 Å². The maximum Gasteiger partial charge on any atom is 0.413 e. The van der Waals surface area contributed by atoms with E-state index in [1.165, 1.54) is 12.3 Å². The summed E-state index contributed by atoms with van der Waals surface area (Å²) in [4.78, 5) is 39.6. The molecule has 2 rings (SSSR count). The quantitative estimate of drug-likeness (QED) is 0.721. The van der Waals surface area contributed by atoms with Crippen LogP contribution in [0.2, 0.25) is 0 Å². The number of nitrogens with one attached hydrogen (secondary N) is 2. The summed E-state index contributed by atoms with van der Waals surface area (Å²) in [5.41, 5.74) is -1.90. The lowest BCUT2D eigenvalue weighted by atomic mass is 10.2. The van der Waals surface area contributed by atoms with Gasteiger partial charge in [0, 0.05) is 6.20 Å². The number of amides is 2. The van der Waals surface area contributed by atoms with Crippen molar-refractivity contribution in [1.82, 2.24) is 14.6 Å². The third kappa shape index (κ3) is 5.56. The number of carboxylic acid groups (broad SMARTS) is 1. The predicted molar refractivity (Wildman–Crippen MR) is 99.7 cm³/mol. The minimum atomic E-state index is -1.36. The molecule has 11 heteroatoms. The van der Waals surface area contributed by atoms with E-state index in [0.717, 1.165) is 4.52 Å². The van der Waals surface area contributed by atoms with Crippen LogP contribution in [0.4, 0.5) is 21.2 Å². The van der Waals surface area contributed by atoms with Crippen LogP contribution in [0, 0.1) is 0 Å². The average molecular weight is 393 g/mol. The lowest BCUT2D eigenvalue weighted by molar-refractivity contribution is 0.0623. The number of nitrogens with zero attached hydrogens (tertiary/aromatic N) is 3. The molecule has 0 aliphatic rings. The second-order valence-corrected chi connectivity index (χ2v) is 7.86. The van der Waals surface area contributed by atoms with Crippen LogP contribution in [0.3, 0.4) is 0 Å². The summed E-state index contributed by atoms with van der Waals surface area (Å²) in [6, 6.07) is 1.41. The molecule has 0 spiro atoms. The average Bonchev–Trinajstić information content (AvgIpc) is 2.79. The fourth-order valence-corrected chi connectivity index (χ4v) is 2.09. The molecule has 11 nitrogen and oxygen atoms in total. The first-order chi connectivity index (χ1) is 12.7.